The first kappa shape index (κ1) is 17.2. The van der Waals surface area contributed by atoms with Crippen LogP contribution in [0.2, 0.25) is 0 Å². The van der Waals surface area contributed by atoms with Gasteiger partial charge in [0, 0.05) is 28.5 Å². The zero-order valence-corrected chi connectivity index (χ0v) is 14.0. The van der Waals surface area contributed by atoms with Gasteiger partial charge in [-0.25, -0.2) is 0 Å². The largest absolute Gasteiger partial charge is 0.333 e. The Labute approximate surface area is 142 Å². The second-order valence-corrected chi connectivity index (χ2v) is 6.76. The van der Waals surface area contributed by atoms with Gasteiger partial charge in [-0.2, -0.15) is 0 Å². The highest BCUT2D eigenvalue weighted by Gasteiger charge is 2.14. The van der Waals surface area contributed by atoms with E-state index in [1.807, 2.05) is 17.5 Å². The topological polar surface area (TPSA) is 63.5 Å². The van der Waals surface area contributed by atoms with E-state index in [9.17, 15) is 14.9 Å². The van der Waals surface area contributed by atoms with Gasteiger partial charge in [0.2, 0.25) is 5.91 Å². The number of thiophene rings is 1. The fraction of sp³-hybridized carbons (Fsp3) is 0.188. The Morgan fingerprint density at radius 2 is 2.09 bits per heavy atom. The summed E-state index contributed by atoms with van der Waals surface area (Å²) in [5, 5.41) is 12.6. The number of hydrogen-bond acceptors (Lipinski definition) is 5. The molecule has 0 aliphatic rings. The summed E-state index contributed by atoms with van der Waals surface area (Å²) >= 11 is 2.99. The Morgan fingerprint density at radius 3 is 2.65 bits per heavy atom. The van der Waals surface area contributed by atoms with Crippen molar-refractivity contribution in [2.45, 2.75) is 11.4 Å². The molecule has 0 radical (unpaired) electrons. The summed E-state index contributed by atoms with van der Waals surface area (Å²) in [5.74, 6) is 0.304. The number of hydrogen-bond donors (Lipinski definition) is 0. The average molecular weight is 348 g/mol. The Balaban J connectivity index is 1.92. The van der Waals surface area contributed by atoms with Crippen molar-refractivity contribution in [2.75, 3.05) is 12.3 Å². The van der Waals surface area contributed by atoms with Crippen LogP contribution in [0.15, 0.2) is 59.3 Å². The van der Waals surface area contributed by atoms with Gasteiger partial charge in [-0.1, -0.05) is 12.1 Å². The van der Waals surface area contributed by atoms with E-state index >= 15 is 0 Å². The molecule has 23 heavy (non-hydrogen) atoms. The number of nitrogens with zero attached hydrogens (tertiary/aromatic N) is 2. The third kappa shape index (κ3) is 5.22. The maximum absolute atomic E-state index is 12.4. The van der Waals surface area contributed by atoms with Gasteiger partial charge in [0.1, 0.15) is 0 Å². The van der Waals surface area contributed by atoms with Crippen LogP contribution in [0.3, 0.4) is 0 Å². The molecule has 1 aromatic carbocycles. The van der Waals surface area contributed by atoms with Gasteiger partial charge in [0.25, 0.3) is 5.69 Å². The van der Waals surface area contributed by atoms with Crippen LogP contribution in [-0.4, -0.2) is 28.0 Å². The van der Waals surface area contributed by atoms with Crippen LogP contribution < -0.4 is 0 Å². The Morgan fingerprint density at radius 1 is 1.35 bits per heavy atom. The monoisotopic (exact) mass is 348 g/mol. The normalized spacial score (nSPS) is 10.3. The summed E-state index contributed by atoms with van der Waals surface area (Å²) in [6.45, 7) is 4.77. The summed E-state index contributed by atoms with van der Waals surface area (Å²) in [5.41, 5.74) is 0.0478. The third-order valence-electron chi connectivity index (χ3n) is 3.04. The minimum Gasteiger partial charge on any atom is -0.333 e. The number of rotatable bonds is 8. The molecule has 0 aliphatic carbocycles. The number of carbonyl (C=O) groups excluding carboxylic acids is 1. The molecule has 2 rings (SSSR count). The number of thioether (sulfide) groups is 1. The van der Waals surface area contributed by atoms with Crippen molar-refractivity contribution in [3.8, 4) is 0 Å². The molecule has 0 spiro atoms. The number of carbonyl (C=O) groups is 1. The summed E-state index contributed by atoms with van der Waals surface area (Å²) < 4.78 is 0. The van der Waals surface area contributed by atoms with Crippen LogP contribution in [0.4, 0.5) is 5.69 Å². The smallest absolute Gasteiger partial charge is 0.269 e. The Kier molecular flexibility index (Phi) is 6.37. The van der Waals surface area contributed by atoms with Crippen LogP contribution in [0.1, 0.15) is 4.88 Å². The Bertz CT molecular complexity index is 669. The van der Waals surface area contributed by atoms with Crippen molar-refractivity contribution in [2.24, 2.45) is 0 Å². The maximum atomic E-state index is 12.4. The minimum atomic E-state index is -0.438. The molecule has 0 N–H and O–H groups in total. The van der Waals surface area contributed by atoms with E-state index in [2.05, 4.69) is 6.58 Å². The molecular weight excluding hydrogens is 332 g/mol. The standard InChI is InChI=1S/C16H16N2O3S2/c1-2-9-17(11-15-4-3-10-22-15)16(19)12-23-14-7-5-13(6-8-14)18(20)21/h2-8,10H,1,9,11-12H2. The van der Waals surface area contributed by atoms with E-state index in [0.717, 1.165) is 9.77 Å². The van der Waals surface area contributed by atoms with Gasteiger partial charge in [0.05, 0.1) is 17.2 Å². The molecule has 5 nitrogen and oxygen atoms in total. The van der Waals surface area contributed by atoms with Crippen molar-refractivity contribution in [3.05, 3.63) is 69.4 Å². The van der Waals surface area contributed by atoms with Gasteiger partial charge in [-0.15, -0.1) is 29.7 Å². The van der Waals surface area contributed by atoms with E-state index in [1.54, 1.807) is 34.4 Å². The van der Waals surface area contributed by atoms with E-state index in [1.165, 1.54) is 23.9 Å². The fourth-order valence-corrected chi connectivity index (χ4v) is 3.42. The first-order chi connectivity index (χ1) is 11.1. The molecule has 0 saturated carbocycles. The van der Waals surface area contributed by atoms with Crippen LogP contribution in [0, 0.1) is 10.1 Å². The van der Waals surface area contributed by atoms with E-state index in [4.69, 9.17) is 0 Å². The van der Waals surface area contributed by atoms with Gasteiger partial charge in [0.15, 0.2) is 0 Å². The lowest BCUT2D eigenvalue weighted by Gasteiger charge is -2.20. The number of benzene rings is 1. The van der Waals surface area contributed by atoms with E-state index < -0.39 is 4.92 Å². The molecule has 1 heterocycles. The van der Waals surface area contributed by atoms with Crippen molar-refractivity contribution < 1.29 is 9.72 Å². The van der Waals surface area contributed by atoms with Gasteiger partial charge < -0.3 is 4.90 Å². The van der Waals surface area contributed by atoms with Gasteiger partial charge in [-0.3, -0.25) is 14.9 Å². The first-order valence-corrected chi connectivity index (χ1v) is 8.75. The fourth-order valence-electron chi connectivity index (χ4n) is 1.90. The van der Waals surface area contributed by atoms with Crippen LogP contribution in [0.25, 0.3) is 0 Å². The van der Waals surface area contributed by atoms with Crippen LogP contribution >= 0.6 is 23.1 Å². The molecule has 0 unspecified atom stereocenters. The highest BCUT2D eigenvalue weighted by molar-refractivity contribution is 8.00. The molecule has 2 aromatic rings. The quantitative estimate of drug-likeness (QED) is 0.313. The highest BCUT2D eigenvalue weighted by Crippen LogP contribution is 2.22. The minimum absolute atomic E-state index is 0.0154. The zero-order chi connectivity index (χ0) is 16.7. The number of nitro benzene ring substituents is 1. The SMILES string of the molecule is C=CCN(Cc1cccs1)C(=O)CSc1ccc([N+](=O)[O-])cc1. The highest BCUT2D eigenvalue weighted by atomic mass is 32.2. The number of non-ortho nitro benzene ring substituents is 1. The van der Waals surface area contributed by atoms with Crippen molar-refractivity contribution in [1.29, 1.82) is 0 Å². The predicted molar refractivity (Wildman–Crippen MR) is 93.8 cm³/mol. The molecule has 0 fully saturated rings. The average Bonchev–Trinajstić information content (AvgIpc) is 3.05. The van der Waals surface area contributed by atoms with Crippen molar-refractivity contribution in [3.63, 3.8) is 0 Å². The van der Waals surface area contributed by atoms with Crippen LogP contribution in [-0.2, 0) is 11.3 Å². The molecule has 0 aliphatic heterocycles. The number of amides is 1. The maximum Gasteiger partial charge on any atom is 0.269 e. The van der Waals surface area contributed by atoms with Crippen LogP contribution in [0.5, 0.6) is 0 Å². The predicted octanol–water partition coefficient (Wildman–Crippen LogP) is 3.96. The zero-order valence-electron chi connectivity index (χ0n) is 12.4. The summed E-state index contributed by atoms with van der Waals surface area (Å²) in [6, 6.07) is 10.2. The Hall–Kier alpha value is -2.12. The molecule has 0 saturated heterocycles. The van der Waals surface area contributed by atoms with E-state index in [0.29, 0.717) is 13.1 Å². The summed E-state index contributed by atoms with van der Waals surface area (Å²) in [7, 11) is 0. The molecule has 7 heteroatoms. The second-order valence-electron chi connectivity index (χ2n) is 4.68. The van der Waals surface area contributed by atoms with Gasteiger partial charge in [-0.05, 0) is 23.6 Å². The third-order valence-corrected chi connectivity index (χ3v) is 4.90. The lowest BCUT2D eigenvalue weighted by Crippen LogP contribution is -2.31. The summed E-state index contributed by atoms with van der Waals surface area (Å²) in [4.78, 5) is 26.2. The second kappa shape index (κ2) is 8.50. The molecular formula is C16H16N2O3S2. The lowest BCUT2D eigenvalue weighted by molar-refractivity contribution is -0.384. The molecule has 0 bridgehead atoms. The first-order valence-electron chi connectivity index (χ1n) is 6.88. The molecule has 1 aromatic heterocycles. The lowest BCUT2D eigenvalue weighted by atomic mass is 10.3. The molecule has 1 amide bonds. The molecule has 120 valence electrons. The van der Waals surface area contributed by atoms with Gasteiger partial charge >= 0.3 is 0 Å². The van der Waals surface area contributed by atoms with Crippen molar-refractivity contribution >= 4 is 34.7 Å². The van der Waals surface area contributed by atoms with E-state index in [-0.39, 0.29) is 17.3 Å². The number of nitro groups is 1. The molecule has 0 atom stereocenters. The summed E-state index contributed by atoms with van der Waals surface area (Å²) in [6.07, 6.45) is 1.71. The van der Waals surface area contributed by atoms with Crippen molar-refractivity contribution in [1.82, 2.24) is 4.90 Å².